The zero-order valence-corrected chi connectivity index (χ0v) is 19.3. The molecule has 0 bridgehead atoms. The SMILES string of the molecule is COc1cc2nc(-c3ccc(NC(=O)/C=C/c4ccc(F)c(F)c4)cc3)sc2c(OC)c1OC. The fourth-order valence-corrected chi connectivity index (χ4v) is 4.39. The number of anilines is 1. The summed E-state index contributed by atoms with van der Waals surface area (Å²) in [5.41, 5.74) is 2.53. The molecule has 0 unspecified atom stereocenters. The molecule has 0 saturated heterocycles. The third-order valence-electron chi connectivity index (χ3n) is 4.96. The Bertz CT molecular complexity index is 1380. The summed E-state index contributed by atoms with van der Waals surface area (Å²) >= 11 is 1.45. The molecule has 6 nitrogen and oxygen atoms in total. The van der Waals surface area contributed by atoms with E-state index in [9.17, 15) is 13.6 Å². The van der Waals surface area contributed by atoms with Crippen molar-refractivity contribution in [2.24, 2.45) is 0 Å². The molecule has 1 aromatic heterocycles. The fourth-order valence-electron chi connectivity index (χ4n) is 3.32. The predicted octanol–water partition coefficient (Wildman–Crippen LogP) is 5.92. The summed E-state index contributed by atoms with van der Waals surface area (Å²) in [5, 5.41) is 3.49. The van der Waals surface area contributed by atoms with E-state index in [0.29, 0.717) is 34.0 Å². The van der Waals surface area contributed by atoms with E-state index in [0.717, 1.165) is 27.4 Å². The minimum absolute atomic E-state index is 0.379. The topological polar surface area (TPSA) is 69.7 Å². The maximum atomic E-state index is 13.3. The maximum Gasteiger partial charge on any atom is 0.248 e. The minimum Gasteiger partial charge on any atom is -0.493 e. The molecule has 1 heterocycles. The first kappa shape index (κ1) is 23.2. The Morgan fingerprint density at radius 3 is 2.32 bits per heavy atom. The van der Waals surface area contributed by atoms with Crippen molar-refractivity contribution in [2.75, 3.05) is 26.6 Å². The third-order valence-corrected chi connectivity index (χ3v) is 6.07. The van der Waals surface area contributed by atoms with Gasteiger partial charge < -0.3 is 19.5 Å². The molecule has 4 aromatic rings. The summed E-state index contributed by atoms with van der Waals surface area (Å²) < 4.78 is 43.5. The Kier molecular flexibility index (Phi) is 6.74. The highest BCUT2D eigenvalue weighted by Gasteiger charge is 2.20. The standard InChI is InChI=1S/C25H20F2N2O4S/c1-31-20-13-19-24(23(33-3)22(20)32-2)34-25(29-19)15-6-8-16(9-7-15)28-21(30)11-5-14-4-10-17(26)18(27)12-14/h4-13H,1-3H3,(H,28,30)/b11-5+. The first-order valence-corrected chi connectivity index (χ1v) is 10.9. The lowest BCUT2D eigenvalue weighted by atomic mass is 10.2. The Labute approximate surface area is 198 Å². The molecule has 0 radical (unpaired) electrons. The lowest BCUT2D eigenvalue weighted by Gasteiger charge is -2.11. The maximum absolute atomic E-state index is 13.3. The number of amides is 1. The van der Waals surface area contributed by atoms with E-state index in [2.05, 4.69) is 10.3 Å². The van der Waals surface area contributed by atoms with Crippen LogP contribution in [0.15, 0.2) is 54.6 Å². The van der Waals surface area contributed by atoms with Crippen molar-refractivity contribution in [1.29, 1.82) is 0 Å². The highest BCUT2D eigenvalue weighted by molar-refractivity contribution is 7.22. The summed E-state index contributed by atoms with van der Waals surface area (Å²) in [6, 6.07) is 12.4. The summed E-state index contributed by atoms with van der Waals surface area (Å²) in [5.74, 6) is -0.729. The first-order valence-electron chi connectivity index (χ1n) is 10.1. The number of hydrogen-bond donors (Lipinski definition) is 1. The van der Waals surface area contributed by atoms with Gasteiger partial charge in [-0.25, -0.2) is 13.8 Å². The second kappa shape index (κ2) is 9.88. The quantitative estimate of drug-likeness (QED) is 0.331. The van der Waals surface area contributed by atoms with Crippen LogP contribution in [-0.2, 0) is 4.79 Å². The summed E-state index contributed by atoms with van der Waals surface area (Å²) in [7, 11) is 4.67. The number of halogens is 2. The zero-order chi connectivity index (χ0) is 24.2. The molecule has 9 heteroatoms. The van der Waals surface area contributed by atoms with E-state index >= 15 is 0 Å². The van der Waals surface area contributed by atoms with Crippen LogP contribution in [0, 0.1) is 11.6 Å². The van der Waals surface area contributed by atoms with Gasteiger partial charge in [-0.1, -0.05) is 6.07 Å². The van der Waals surface area contributed by atoms with Gasteiger partial charge in [-0.15, -0.1) is 11.3 Å². The Hall–Kier alpha value is -3.98. The molecule has 3 aromatic carbocycles. The van der Waals surface area contributed by atoms with Gasteiger partial charge in [0.25, 0.3) is 0 Å². The van der Waals surface area contributed by atoms with Crippen molar-refractivity contribution >= 4 is 39.2 Å². The molecular weight excluding hydrogens is 462 g/mol. The lowest BCUT2D eigenvalue weighted by molar-refractivity contribution is -0.111. The number of rotatable bonds is 7. The van der Waals surface area contributed by atoms with E-state index < -0.39 is 17.5 Å². The molecule has 174 valence electrons. The minimum atomic E-state index is -0.970. The van der Waals surface area contributed by atoms with E-state index in [1.807, 2.05) is 12.1 Å². The number of hydrogen-bond acceptors (Lipinski definition) is 6. The predicted molar refractivity (Wildman–Crippen MR) is 129 cm³/mol. The molecule has 0 aliphatic carbocycles. The van der Waals surface area contributed by atoms with E-state index in [1.165, 1.54) is 29.6 Å². The van der Waals surface area contributed by atoms with Gasteiger partial charge in [-0.05, 0) is 48.0 Å². The fraction of sp³-hybridized carbons (Fsp3) is 0.120. The summed E-state index contributed by atoms with van der Waals surface area (Å²) in [6.45, 7) is 0. The van der Waals surface area contributed by atoms with E-state index in [1.54, 1.807) is 39.5 Å². The van der Waals surface area contributed by atoms with Crippen LogP contribution in [0.1, 0.15) is 5.56 Å². The Balaban J connectivity index is 1.52. The number of benzene rings is 3. The number of fused-ring (bicyclic) bond motifs is 1. The van der Waals surface area contributed by atoms with Crippen LogP contribution in [0.4, 0.5) is 14.5 Å². The van der Waals surface area contributed by atoms with Crippen LogP contribution >= 0.6 is 11.3 Å². The number of carbonyl (C=O) groups excluding carboxylic acids is 1. The van der Waals surface area contributed by atoms with Crippen molar-refractivity contribution in [3.63, 3.8) is 0 Å². The van der Waals surface area contributed by atoms with Crippen LogP contribution in [0.3, 0.4) is 0 Å². The molecule has 34 heavy (non-hydrogen) atoms. The third kappa shape index (κ3) is 4.69. The van der Waals surface area contributed by atoms with Crippen molar-refractivity contribution < 1.29 is 27.8 Å². The van der Waals surface area contributed by atoms with Gasteiger partial charge in [0.05, 0.1) is 26.8 Å². The highest BCUT2D eigenvalue weighted by atomic mass is 32.1. The second-order valence-corrected chi connectivity index (χ2v) is 8.09. The lowest BCUT2D eigenvalue weighted by Crippen LogP contribution is -2.07. The summed E-state index contributed by atoms with van der Waals surface area (Å²) in [6.07, 6.45) is 2.66. The molecule has 0 aliphatic rings. The summed E-state index contributed by atoms with van der Waals surface area (Å²) in [4.78, 5) is 16.9. The number of ether oxygens (including phenoxy) is 3. The largest absolute Gasteiger partial charge is 0.493 e. The molecule has 0 atom stereocenters. The average molecular weight is 483 g/mol. The number of aromatic nitrogens is 1. The smallest absolute Gasteiger partial charge is 0.248 e. The molecule has 1 N–H and O–H groups in total. The second-order valence-electron chi connectivity index (χ2n) is 7.09. The van der Waals surface area contributed by atoms with E-state index in [4.69, 9.17) is 14.2 Å². The first-order chi connectivity index (χ1) is 16.4. The molecule has 0 saturated carbocycles. The van der Waals surface area contributed by atoms with Crippen LogP contribution in [-0.4, -0.2) is 32.2 Å². The number of nitrogens with zero attached hydrogens (tertiary/aromatic N) is 1. The van der Waals surface area contributed by atoms with Gasteiger partial charge in [-0.2, -0.15) is 0 Å². The molecular formula is C25H20F2N2O4S. The average Bonchev–Trinajstić information content (AvgIpc) is 3.27. The Morgan fingerprint density at radius 2 is 1.68 bits per heavy atom. The van der Waals surface area contributed by atoms with Gasteiger partial charge in [0.15, 0.2) is 23.1 Å². The number of carbonyl (C=O) groups is 1. The zero-order valence-electron chi connectivity index (χ0n) is 18.5. The van der Waals surface area contributed by atoms with Gasteiger partial charge in [0.1, 0.15) is 9.71 Å². The van der Waals surface area contributed by atoms with Gasteiger partial charge in [-0.3, -0.25) is 4.79 Å². The van der Waals surface area contributed by atoms with Gasteiger partial charge in [0, 0.05) is 23.4 Å². The van der Waals surface area contributed by atoms with Crippen LogP contribution in [0.5, 0.6) is 17.2 Å². The molecule has 0 spiro atoms. The van der Waals surface area contributed by atoms with E-state index in [-0.39, 0.29) is 0 Å². The molecule has 4 rings (SSSR count). The monoisotopic (exact) mass is 482 g/mol. The van der Waals surface area contributed by atoms with Crippen LogP contribution in [0.25, 0.3) is 26.9 Å². The van der Waals surface area contributed by atoms with Crippen molar-refractivity contribution in [1.82, 2.24) is 4.98 Å². The van der Waals surface area contributed by atoms with Crippen LogP contribution in [0.2, 0.25) is 0 Å². The van der Waals surface area contributed by atoms with Crippen molar-refractivity contribution in [2.45, 2.75) is 0 Å². The number of nitrogens with one attached hydrogen (secondary N) is 1. The molecule has 0 aliphatic heterocycles. The van der Waals surface area contributed by atoms with Gasteiger partial charge >= 0.3 is 0 Å². The van der Waals surface area contributed by atoms with Crippen LogP contribution < -0.4 is 19.5 Å². The van der Waals surface area contributed by atoms with Gasteiger partial charge in [0.2, 0.25) is 11.7 Å². The Morgan fingerprint density at radius 1 is 0.941 bits per heavy atom. The number of thiazole rings is 1. The number of methoxy groups -OCH3 is 3. The van der Waals surface area contributed by atoms with Crippen molar-refractivity contribution in [3.05, 3.63) is 71.8 Å². The molecule has 1 amide bonds. The normalized spacial score (nSPS) is 11.1. The molecule has 0 fully saturated rings. The highest BCUT2D eigenvalue weighted by Crippen LogP contribution is 2.46. The van der Waals surface area contributed by atoms with Crippen molar-refractivity contribution in [3.8, 4) is 27.8 Å².